The number of methoxy groups -OCH3 is 1. The second-order valence-electron chi connectivity index (χ2n) is 5.81. The molecule has 0 atom stereocenters. The summed E-state index contributed by atoms with van der Waals surface area (Å²) in [5.74, 6) is -1.02. The molecule has 0 bridgehead atoms. The number of nitrogens with zero attached hydrogens (tertiary/aromatic N) is 1. The van der Waals surface area contributed by atoms with Crippen LogP contribution in [0.2, 0.25) is 0 Å². The van der Waals surface area contributed by atoms with E-state index in [0.29, 0.717) is 16.9 Å². The minimum absolute atomic E-state index is 0.282. The Morgan fingerprint density at radius 3 is 2.42 bits per heavy atom. The molecular formula is C19H22N2O5. The van der Waals surface area contributed by atoms with Crippen LogP contribution in [0.5, 0.6) is 5.75 Å². The van der Waals surface area contributed by atoms with E-state index in [2.05, 4.69) is 5.32 Å². The second kappa shape index (κ2) is 8.33. The van der Waals surface area contributed by atoms with Crippen molar-refractivity contribution in [2.75, 3.05) is 20.3 Å². The Kier molecular flexibility index (Phi) is 6.16. The zero-order valence-electron chi connectivity index (χ0n) is 15.3. The molecule has 138 valence electrons. The topological polar surface area (TPSA) is 86.6 Å². The third-order valence-corrected chi connectivity index (χ3v) is 4.18. The summed E-state index contributed by atoms with van der Waals surface area (Å²) >= 11 is 0. The molecule has 1 N–H and O–H groups in total. The van der Waals surface area contributed by atoms with Crippen LogP contribution in [0.25, 0.3) is 0 Å². The summed E-state index contributed by atoms with van der Waals surface area (Å²) in [6.45, 7) is 3.02. The van der Waals surface area contributed by atoms with Crippen molar-refractivity contribution in [3.05, 3.63) is 52.8 Å². The maximum atomic E-state index is 12.2. The fourth-order valence-corrected chi connectivity index (χ4v) is 2.49. The molecule has 0 spiro atoms. The van der Waals surface area contributed by atoms with Gasteiger partial charge >= 0.3 is 5.97 Å². The van der Waals surface area contributed by atoms with E-state index in [4.69, 9.17) is 9.47 Å². The Morgan fingerprint density at radius 2 is 1.81 bits per heavy atom. The van der Waals surface area contributed by atoms with Crippen molar-refractivity contribution in [2.45, 2.75) is 13.8 Å². The first-order valence-corrected chi connectivity index (χ1v) is 8.08. The van der Waals surface area contributed by atoms with Crippen molar-refractivity contribution < 1.29 is 23.9 Å². The number of amides is 1. The number of Topliss-reactive ketones (excluding diaryl/α,β-unsaturated/α-hetero) is 1. The van der Waals surface area contributed by atoms with Gasteiger partial charge in [-0.05, 0) is 32.0 Å². The maximum Gasteiger partial charge on any atom is 0.325 e. The standard InChI is InChI=1S/C19H22N2O5/c1-12-9-15(13(2)21(12)3)16(22)11-26-18(23)10-20-19(24)14-7-5-6-8-17(14)25-4/h5-9H,10-11H2,1-4H3,(H,20,24). The molecule has 0 unspecified atom stereocenters. The van der Waals surface area contributed by atoms with Gasteiger partial charge in [-0.25, -0.2) is 0 Å². The highest BCUT2D eigenvalue weighted by Crippen LogP contribution is 2.17. The first-order chi connectivity index (χ1) is 12.3. The molecule has 26 heavy (non-hydrogen) atoms. The SMILES string of the molecule is COc1ccccc1C(=O)NCC(=O)OCC(=O)c1cc(C)n(C)c1C. The van der Waals surface area contributed by atoms with E-state index in [9.17, 15) is 14.4 Å². The molecule has 1 heterocycles. The number of ether oxygens (including phenoxy) is 2. The molecule has 1 aromatic carbocycles. The minimum Gasteiger partial charge on any atom is -0.496 e. The van der Waals surface area contributed by atoms with Crippen LogP contribution < -0.4 is 10.1 Å². The molecule has 2 rings (SSSR count). The molecule has 7 nitrogen and oxygen atoms in total. The molecular weight excluding hydrogens is 336 g/mol. The third kappa shape index (κ3) is 4.30. The first-order valence-electron chi connectivity index (χ1n) is 8.08. The van der Waals surface area contributed by atoms with Gasteiger partial charge in [0.25, 0.3) is 5.91 Å². The van der Waals surface area contributed by atoms with Gasteiger partial charge in [0.05, 0.1) is 12.7 Å². The Bertz CT molecular complexity index is 838. The summed E-state index contributed by atoms with van der Waals surface area (Å²) in [5, 5.41) is 2.45. The molecule has 0 aliphatic rings. The normalized spacial score (nSPS) is 10.3. The Morgan fingerprint density at radius 1 is 1.12 bits per heavy atom. The number of benzene rings is 1. The minimum atomic E-state index is -0.688. The van der Waals surface area contributed by atoms with E-state index >= 15 is 0 Å². The number of aromatic nitrogens is 1. The Labute approximate surface area is 151 Å². The summed E-state index contributed by atoms with van der Waals surface area (Å²) in [5.41, 5.74) is 2.60. The molecule has 0 fully saturated rings. The van der Waals surface area contributed by atoms with Gasteiger partial charge in [-0.1, -0.05) is 12.1 Å². The van der Waals surface area contributed by atoms with Crippen molar-refractivity contribution in [2.24, 2.45) is 7.05 Å². The summed E-state index contributed by atoms with van der Waals surface area (Å²) in [6, 6.07) is 8.43. The molecule has 1 aromatic heterocycles. The number of rotatable bonds is 7. The predicted octanol–water partition coefficient (Wildman–Crippen LogP) is 1.81. The van der Waals surface area contributed by atoms with Crippen molar-refractivity contribution in [1.82, 2.24) is 9.88 Å². The number of hydrogen-bond donors (Lipinski definition) is 1. The molecule has 0 radical (unpaired) electrons. The van der Waals surface area contributed by atoms with Gasteiger partial charge in [0.1, 0.15) is 12.3 Å². The van der Waals surface area contributed by atoms with E-state index in [0.717, 1.165) is 11.4 Å². The van der Waals surface area contributed by atoms with Crippen LogP contribution in [0, 0.1) is 13.8 Å². The number of ketones is 1. The third-order valence-electron chi connectivity index (χ3n) is 4.18. The van der Waals surface area contributed by atoms with Crippen LogP contribution in [0.3, 0.4) is 0 Å². The summed E-state index contributed by atoms with van der Waals surface area (Å²) in [4.78, 5) is 36.1. The average molecular weight is 358 g/mol. The molecule has 1 amide bonds. The number of carbonyl (C=O) groups is 3. The molecule has 0 aliphatic carbocycles. The Hall–Kier alpha value is -3.09. The smallest absolute Gasteiger partial charge is 0.325 e. The van der Waals surface area contributed by atoms with Crippen molar-refractivity contribution in [1.29, 1.82) is 0 Å². The highest BCUT2D eigenvalue weighted by Gasteiger charge is 2.17. The zero-order chi connectivity index (χ0) is 19.3. The lowest BCUT2D eigenvalue weighted by Gasteiger charge is -2.09. The number of hydrogen-bond acceptors (Lipinski definition) is 5. The van der Waals surface area contributed by atoms with Crippen LogP contribution in [-0.2, 0) is 16.6 Å². The van der Waals surface area contributed by atoms with Gasteiger partial charge < -0.3 is 19.4 Å². The van der Waals surface area contributed by atoms with E-state index in [1.807, 2.05) is 25.5 Å². The largest absolute Gasteiger partial charge is 0.496 e. The number of aryl methyl sites for hydroxylation is 1. The predicted molar refractivity (Wildman–Crippen MR) is 95.5 cm³/mol. The van der Waals surface area contributed by atoms with Crippen molar-refractivity contribution >= 4 is 17.7 Å². The molecule has 0 saturated carbocycles. The number of esters is 1. The first kappa shape index (κ1) is 19.2. The number of nitrogens with one attached hydrogen (secondary N) is 1. The monoisotopic (exact) mass is 358 g/mol. The highest BCUT2D eigenvalue weighted by molar-refractivity contribution is 6.00. The van der Waals surface area contributed by atoms with Crippen LogP contribution in [-0.4, -0.2) is 42.5 Å². The quantitative estimate of drug-likeness (QED) is 0.602. The van der Waals surface area contributed by atoms with Crippen molar-refractivity contribution in [3.8, 4) is 5.75 Å². The van der Waals surface area contributed by atoms with Gasteiger partial charge in [0.2, 0.25) is 5.78 Å². The van der Waals surface area contributed by atoms with Gasteiger partial charge in [0, 0.05) is 24.0 Å². The van der Waals surface area contributed by atoms with Gasteiger partial charge in [0.15, 0.2) is 6.61 Å². The van der Waals surface area contributed by atoms with E-state index in [1.165, 1.54) is 7.11 Å². The lowest BCUT2D eigenvalue weighted by Crippen LogP contribution is -2.31. The summed E-state index contributed by atoms with van der Waals surface area (Å²) in [6.07, 6.45) is 0. The number of para-hydroxylation sites is 1. The number of carbonyl (C=O) groups excluding carboxylic acids is 3. The zero-order valence-corrected chi connectivity index (χ0v) is 15.3. The molecule has 0 aliphatic heterocycles. The summed E-state index contributed by atoms with van der Waals surface area (Å²) < 4.78 is 12.0. The molecule has 0 saturated heterocycles. The second-order valence-corrected chi connectivity index (χ2v) is 5.81. The van der Waals surface area contributed by atoms with Crippen LogP contribution in [0.15, 0.2) is 30.3 Å². The van der Waals surface area contributed by atoms with Gasteiger partial charge in [-0.3, -0.25) is 14.4 Å². The van der Waals surface area contributed by atoms with Gasteiger partial charge in [-0.15, -0.1) is 0 Å². The van der Waals surface area contributed by atoms with E-state index in [1.54, 1.807) is 30.3 Å². The molecule has 2 aromatic rings. The fraction of sp³-hybridized carbons (Fsp3) is 0.316. The van der Waals surface area contributed by atoms with Crippen LogP contribution in [0.1, 0.15) is 32.1 Å². The lowest BCUT2D eigenvalue weighted by molar-refractivity contribution is -0.141. The van der Waals surface area contributed by atoms with E-state index < -0.39 is 11.9 Å². The van der Waals surface area contributed by atoms with Crippen molar-refractivity contribution in [3.63, 3.8) is 0 Å². The van der Waals surface area contributed by atoms with Crippen LogP contribution >= 0.6 is 0 Å². The Balaban J connectivity index is 1.86. The maximum absolute atomic E-state index is 12.2. The molecule has 7 heteroatoms. The van der Waals surface area contributed by atoms with Crippen LogP contribution in [0.4, 0.5) is 0 Å². The lowest BCUT2D eigenvalue weighted by atomic mass is 10.1. The summed E-state index contributed by atoms with van der Waals surface area (Å²) in [7, 11) is 3.32. The van der Waals surface area contributed by atoms with E-state index in [-0.39, 0.29) is 18.9 Å². The fourth-order valence-electron chi connectivity index (χ4n) is 2.49. The van der Waals surface area contributed by atoms with Gasteiger partial charge in [-0.2, -0.15) is 0 Å². The average Bonchev–Trinajstić information content (AvgIpc) is 2.91. The highest BCUT2D eigenvalue weighted by atomic mass is 16.5.